The third-order valence-corrected chi connectivity index (χ3v) is 17.0. The first-order chi connectivity index (χ1) is 46.1. The van der Waals surface area contributed by atoms with Crippen molar-refractivity contribution in [2.75, 3.05) is 6.26 Å². The molecule has 6 aromatic carbocycles. The zero-order chi connectivity index (χ0) is 74.7. The van der Waals surface area contributed by atoms with E-state index in [2.05, 4.69) is 161 Å². The van der Waals surface area contributed by atoms with Gasteiger partial charge in [-0.15, -0.1) is 0 Å². The Kier molecular flexibility index (Phi) is 39.3. The molecule has 0 saturated heterocycles. The van der Waals surface area contributed by atoms with E-state index < -0.39 is 21.7 Å². The number of rotatable bonds is 16. The van der Waals surface area contributed by atoms with Crippen molar-refractivity contribution in [2.24, 2.45) is 18.9 Å². The van der Waals surface area contributed by atoms with E-state index in [1.54, 1.807) is 12.1 Å². The molecule has 0 unspecified atom stereocenters. The van der Waals surface area contributed by atoms with Crippen LogP contribution in [0.25, 0.3) is 0 Å². The Morgan fingerprint density at radius 2 is 0.960 bits per heavy atom. The first-order valence-corrected chi connectivity index (χ1v) is 36.3. The van der Waals surface area contributed by atoms with Gasteiger partial charge in [-0.3, -0.25) is 0 Å². The number of halogens is 7. The van der Waals surface area contributed by atoms with Crippen molar-refractivity contribution in [1.29, 1.82) is 5.26 Å². The van der Waals surface area contributed by atoms with Gasteiger partial charge in [-0.05, 0) is 186 Å². The largest absolute Gasteiger partial charge is 0.438 e. The van der Waals surface area contributed by atoms with Gasteiger partial charge in [0.1, 0.15) is 21.5 Å². The molecule has 9 rings (SSSR count). The van der Waals surface area contributed by atoms with E-state index >= 15 is 0 Å². The van der Waals surface area contributed by atoms with Crippen LogP contribution in [-0.2, 0) is 41.6 Å². The zero-order valence-electron chi connectivity index (χ0n) is 61.5. The Bertz CT molecular complexity index is 3990. The van der Waals surface area contributed by atoms with Crippen LogP contribution >= 0.6 is 34.8 Å². The standard InChI is InChI=1S/2C17H18ClF2NO.C11H16.C10H13Cl.C10H11N.C10H14O2S.C7H12N2.2CH4/c1-10(2)14-6-5-13(7-11(14)3)22-16-15(18)8-12(9-21-16)17(4,19)20;1-10(2)12-5-6-15(11(3)7-12)22-16-14(18)8-13(9-21-16)17(4,19)20;1-9(2)8-11-6-4-10(3)5-7-11;1-8(2)7-9-3-5-10(11)6-4-9;1-8(2)10-5-3-9(7-11)4-6-10;1-8(2)9-4-6-10(7-5-9)13(3,11)12;1-6(2)7-4-9(3)5-8-7;;/h2*5-10H,1-4H3;4-7,9H,8H2,1-3H3;3-6,8H,7H2,1-2H3;3-6,8H,1-2H3;4-8H,1-3H3;4-6H,1-3H3;2*1H4. The summed E-state index contributed by atoms with van der Waals surface area (Å²) in [5.41, 5.74) is 12.5. The van der Waals surface area contributed by atoms with E-state index in [0.29, 0.717) is 46.0 Å². The van der Waals surface area contributed by atoms with Gasteiger partial charge in [-0.2, -0.15) is 5.26 Å². The van der Waals surface area contributed by atoms with Gasteiger partial charge in [0.2, 0.25) is 11.8 Å². The van der Waals surface area contributed by atoms with Crippen LogP contribution in [0, 0.1) is 43.9 Å². The highest BCUT2D eigenvalue weighted by Crippen LogP contribution is 2.37. The van der Waals surface area contributed by atoms with Crippen LogP contribution < -0.4 is 9.47 Å². The predicted octanol–water partition coefficient (Wildman–Crippen LogP) is 26.6. The minimum absolute atomic E-state index is 0. The number of sulfone groups is 1. The van der Waals surface area contributed by atoms with Gasteiger partial charge >= 0.3 is 0 Å². The average Bonchev–Trinajstić information content (AvgIpc) is 1.16. The van der Waals surface area contributed by atoms with Gasteiger partial charge in [0, 0.05) is 61.9 Å². The second-order valence-electron chi connectivity index (χ2n) is 27.2. The number of aryl methyl sites for hydroxylation is 4. The zero-order valence-corrected chi connectivity index (χ0v) is 64.6. The van der Waals surface area contributed by atoms with Crippen LogP contribution in [0.15, 0.2) is 175 Å². The number of imidazole rings is 1. The number of hydrogen-bond acceptors (Lipinski definition) is 8. The van der Waals surface area contributed by atoms with Crippen LogP contribution in [0.4, 0.5) is 17.6 Å². The second-order valence-corrected chi connectivity index (χ2v) is 30.4. The third-order valence-electron chi connectivity index (χ3n) is 15.1. The maximum Gasteiger partial charge on any atom is 0.272 e. The molecule has 550 valence electrons. The smallest absolute Gasteiger partial charge is 0.272 e. The van der Waals surface area contributed by atoms with Crippen LogP contribution in [0.2, 0.25) is 15.1 Å². The van der Waals surface area contributed by atoms with E-state index in [9.17, 15) is 26.0 Å². The fraction of sp³-hybridized carbons (Fsp3) is 0.405. The quantitative estimate of drug-likeness (QED) is 0.0878. The number of ether oxygens (including phenoxy) is 2. The number of aromatic nitrogens is 4. The lowest BCUT2D eigenvalue weighted by atomic mass is 9.98. The first-order valence-electron chi connectivity index (χ1n) is 33.3. The molecule has 0 saturated carbocycles. The normalized spacial score (nSPS) is 11.0. The fourth-order valence-corrected chi connectivity index (χ4v) is 10.4. The number of alkyl halides is 4. The highest BCUT2D eigenvalue weighted by Gasteiger charge is 2.27. The topological polar surface area (TPSA) is 120 Å². The van der Waals surface area contributed by atoms with Crippen molar-refractivity contribution < 1.29 is 35.5 Å². The molecule has 0 N–H and O–H groups in total. The molecule has 9 aromatic rings. The SMILES string of the molecule is C.C.CC(C)Cc1ccc(Cl)cc1.CC(C)c1ccc(C#N)cc1.CC(C)c1ccc(S(C)(=O)=O)cc1.CC(C)c1cn(C)cn1.Cc1cc(C(C)C)ccc1Oc1ncc(C(C)(F)F)cc1Cl.Cc1cc(Oc2ncc(C(C)(F)F)cc2Cl)ccc1C(C)C.Cc1ccc(CC(C)C)cc1. The summed E-state index contributed by atoms with van der Waals surface area (Å²) in [6.45, 7) is 37.7. The minimum atomic E-state index is -3.05. The molecule has 101 heavy (non-hydrogen) atoms. The Morgan fingerprint density at radius 1 is 0.525 bits per heavy atom. The van der Waals surface area contributed by atoms with Gasteiger partial charge in [-0.25, -0.2) is 40.9 Å². The second kappa shape index (κ2) is 43.4. The molecule has 0 bridgehead atoms. The van der Waals surface area contributed by atoms with E-state index in [-0.39, 0.29) is 47.8 Å². The molecule has 0 aliphatic rings. The summed E-state index contributed by atoms with van der Waals surface area (Å²) >= 11 is 17.7. The lowest BCUT2D eigenvalue weighted by molar-refractivity contribution is 0.0164. The van der Waals surface area contributed by atoms with Crippen molar-refractivity contribution in [3.05, 3.63) is 258 Å². The average molecular weight is 1470 g/mol. The molecular weight excluding hydrogens is 1360 g/mol. The molecule has 3 heterocycles. The monoisotopic (exact) mass is 1470 g/mol. The number of pyridine rings is 2. The van der Waals surface area contributed by atoms with Crippen LogP contribution in [-0.4, -0.2) is 34.2 Å². The first kappa shape index (κ1) is 91.5. The molecular formula is C84H110Cl3F4N5O4S. The van der Waals surface area contributed by atoms with Crippen molar-refractivity contribution in [2.45, 2.75) is 206 Å². The summed E-state index contributed by atoms with van der Waals surface area (Å²) in [5.74, 6) is -0.698. The number of hydrogen-bond donors (Lipinski definition) is 0. The summed E-state index contributed by atoms with van der Waals surface area (Å²) in [7, 11) is -1.06. The van der Waals surface area contributed by atoms with Crippen molar-refractivity contribution in [3.63, 3.8) is 0 Å². The maximum absolute atomic E-state index is 13.2. The Morgan fingerprint density at radius 3 is 1.31 bits per heavy atom. The molecule has 0 radical (unpaired) electrons. The van der Waals surface area contributed by atoms with Crippen LogP contribution in [0.5, 0.6) is 23.3 Å². The third kappa shape index (κ3) is 33.9. The van der Waals surface area contributed by atoms with E-state index in [1.165, 1.54) is 58.2 Å². The maximum atomic E-state index is 13.2. The molecule has 9 nitrogen and oxygen atoms in total. The van der Waals surface area contributed by atoms with E-state index in [1.807, 2.05) is 123 Å². The van der Waals surface area contributed by atoms with Gasteiger partial charge in [-0.1, -0.05) is 231 Å². The molecule has 17 heteroatoms. The predicted molar refractivity (Wildman–Crippen MR) is 418 cm³/mol. The highest BCUT2D eigenvalue weighted by molar-refractivity contribution is 7.90. The van der Waals surface area contributed by atoms with Crippen LogP contribution in [0.1, 0.15) is 228 Å². The molecule has 0 spiro atoms. The molecule has 3 aromatic heterocycles. The van der Waals surface area contributed by atoms with Gasteiger partial charge in [0.15, 0.2) is 9.84 Å². The lowest BCUT2D eigenvalue weighted by Crippen LogP contribution is -2.07. The Hall–Kier alpha value is -7.54. The molecule has 0 aliphatic carbocycles. The van der Waals surface area contributed by atoms with Crippen molar-refractivity contribution >= 4 is 44.6 Å². The number of benzene rings is 6. The van der Waals surface area contributed by atoms with Crippen molar-refractivity contribution in [1.82, 2.24) is 19.5 Å². The highest BCUT2D eigenvalue weighted by atomic mass is 35.5. The molecule has 0 aliphatic heterocycles. The summed E-state index contributed by atoms with van der Waals surface area (Å²) < 4.78 is 88.4. The van der Waals surface area contributed by atoms with Crippen LogP contribution in [0.3, 0.4) is 0 Å². The summed E-state index contributed by atoms with van der Waals surface area (Å²) in [6, 6.07) is 47.6. The summed E-state index contributed by atoms with van der Waals surface area (Å²) in [4.78, 5) is 12.4. The summed E-state index contributed by atoms with van der Waals surface area (Å²) in [5, 5.41) is 9.46. The molecule has 0 amide bonds. The Balaban J connectivity index is 0.000000603. The minimum Gasteiger partial charge on any atom is -0.438 e. The lowest BCUT2D eigenvalue weighted by Gasteiger charge is -2.14. The Labute approximate surface area is 619 Å². The number of nitrogens with zero attached hydrogens (tertiary/aromatic N) is 5. The van der Waals surface area contributed by atoms with Gasteiger partial charge in [0.25, 0.3) is 11.8 Å². The fourth-order valence-electron chi connectivity index (χ4n) is 9.26. The molecule has 0 atom stereocenters. The van der Waals surface area contributed by atoms with Gasteiger partial charge in [0.05, 0.1) is 28.5 Å². The van der Waals surface area contributed by atoms with Crippen molar-refractivity contribution in [3.8, 4) is 29.3 Å². The van der Waals surface area contributed by atoms with Gasteiger partial charge < -0.3 is 14.0 Å². The summed E-state index contributed by atoms with van der Waals surface area (Å²) in [6.07, 6.45) is 9.59. The molecule has 0 fully saturated rings. The van der Waals surface area contributed by atoms with E-state index in [4.69, 9.17) is 49.5 Å². The van der Waals surface area contributed by atoms with E-state index in [0.717, 1.165) is 77.5 Å². The number of nitriles is 1.